The van der Waals surface area contributed by atoms with Crippen LogP contribution in [0.2, 0.25) is 0 Å². The molecule has 3 aromatic rings. The fourth-order valence-electron chi connectivity index (χ4n) is 2.33. The summed E-state index contributed by atoms with van der Waals surface area (Å²) in [6, 6.07) is 16.3. The van der Waals surface area contributed by atoms with Gasteiger partial charge in [0.05, 0.1) is 11.0 Å². The van der Waals surface area contributed by atoms with E-state index in [2.05, 4.69) is 34.7 Å². The first kappa shape index (κ1) is 12.2. The van der Waals surface area contributed by atoms with Crippen molar-refractivity contribution in [1.29, 1.82) is 0 Å². The van der Waals surface area contributed by atoms with Gasteiger partial charge in [-0.25, -0.2) is 4.98 Å². The van der Waals surface area contributed by atoms with Crippen LogP contribution in [0, 0.1) is 6.92 Å². The maximum Gasteiger partial charge on any atom is 0.132 e. The minimum Gasteiger partial charge on any atom is -0.330 e. The predicted octanol–water partition coefficient (Wildman–Crippen LogP) is 4.21. The van der Waals surface area contributed by atoms with Crippen molar-refractivity contribution in [3.63, 3.8) is 0 Å². The molecule has 2 aromatic carbocycles. The van der Waals surface area contributed by atoms with E-state index in [0.29, 0.717) is 0 Å². The number of aromatic nitrogens is 2. The normalized spacial score (nSPS) is 12.8. The van der Waals surface area contributed by atoms with E-state index >= 15 is 0 Å². The van der Waals surface area contributed by atoms with E-state index in [4.69, 9.17) is 11.6 Å². The molecule has 96 valence electrons. The lowest BCUT2D eigenvalue weighted by Gasteiger charge is -2.09. The molecule has 0 radical (unpaired) electrons. The molecule has 0 amide bonds. The molecular weight excluding hydrogens is 256 g/mol. The van der Waals surface area contributed by atoms with E-state index in [1.54, 1.807) is 0 Å². The zero-order valence-corrected chi connectivity index (χ0v) is 11.7. The van der Waals surface area contributed by atoms with Gasteiger partial charge in [0.25, 0.3) is 0 Å². The number of benzene rings is 2. The highest BCUT2D eigenvalue weighted by Crippen LogP contribution is 2.30. The maximum atomic E-state index is 6.56. The fourth-order valence-corrected chi connectivity index (χ4v) is 2.67. The summed E-state index contributed by atoms with van der Waals surface area (Å²) in [5, 5.41) is -0.223. The van der Waals surface area contributed by atoms with Crippen molar-refractivity contribution in [1.82, 2.24) is 9.55 Å². The topological polar surface area (TPSA) is 17.8 Å². The molecule has 1 heterocycles. The molecule has 1 aromatic heterocycles. The Kier molecular flexibility index (Phi) is 3.03. The molecule has 1 unspecified atom stereocenters. The lowest BCUT2D eigenvalue weighted by Crippen LogP contribution is -2.02. The van der Waals surface area contributed by atoms with Gasteiger partial charge in [-0.1, -0.05) is 36.4 Å². The molecule has 0 aliphatic rings. The molecule has 0 aliphatic carbocycles. The van der Waals surface area contributed by atoms with Crippen LogP contribution in [0.25, 0.3) is 11.0 Å². The van der Waals surface area contributed by atoms with Crippen molar-refractivity contribution < 1.29 is 0 Å². The van der Waals surface area contributed by atoms with E-state index in [0.717, 1.165) is 22.4 Å². The second-order valence-corrected chi connectivity index (χ2v) is 5.23. The zero-order valence-electron chi connectivity index (χ0n) is 11.0. The Hall–Kier alpha value is -1.80. The Morgan fingerprint density at radius 3 is 2.58 bits per heavy atom. The standard InChI is InChI=1S/C16H15ClN2/c1-11-8-9-14-13(10-11)18-16(19(14)2)15(17)12-6-4-3-5-7-12/h3-10,15H,1-2H3. The Balaban J connectivity index is 2.13. The predicted molar refractivity (Wildman–Crippen MR) is 79.6 cm³/mol. The molecule has 0 saturated carbocycles. The van der Waals surface area contributed by atoms with Crippen molar-refractivity contribution in [2.75, 3.05) is 0 Å². The third-order valence-corrected chi connectivity index (χ3v) is 3.84. The highest BCUT2D eigenvalue weighted by molar-refractivity contribution is 6.22. The number of aryl methyl sites for hydroxylation is 2. The van der Waals surface area contributed by atoms with Crippen molar-refractivity contribution in [3.05, 3.63) is 65.5 Å². The summed E-state index contributed by atoms with van der Waals surface area (Å²) >= 11 is 6.56. The first-order chi connectivity index (χ1) is 9.16. The Labute approximate surface area is 117 Å². The Morgan fingerprint density at radius 1 is 1.11 bits per heavy atom. The van der Waals surface area contributed by atoms with Crippen LogP contribution < -0.4 is 0 Å². The highest BCUT2D eigenvalue weighted by Gasteiger charge is 2.17. The number of fused-ring (bicyclic) bond motifs is 1. The lowest BCUT2D eigenvalue weighted by molar-refractivity contribution is 0.830. The van der Waals surface area contributed by atoms with Gasteiger partial charge in [-0.15, -0.1) is 11.6 Å². The molecule has 3 heteroatoms. The molecule has 1 atom stereocenters. The van der Waals surface area contributed by atoms with Crippen LogP contribution in [0.15, 0.2) is 48.5 Å². The van der Waals surface area contributed by atoms with Crippen LogP contribution in [-0.4, -0.2) is 9.55 Å². The number of rotatable bonds is 2. The molecular formula is C16H15ClN2. The number of alkyl halides is 1. The van der Waals surface area contributed by atoms with Gasteiger partial charge < -0.3 is 4.57 Å². The zero-order chi connectivity index (χ0) is 13.4. The van der Waals surface area contributed by atoms with Gasteiger partial charge in [-0.05, 0) is 30.2 Å². The third-order valence-electron chi connectivity index (χ3n) is 3.39. The van der Waals surface area contributed by atoms with Crippen molar-refractivity contribution >= 4 is 22.6 Å². The number of imidazole rings is 1. The van der Waals surface area contributed by atoms with Crippen molar-refractivity contribution in [2.24, 2.45) is 7.05 Å². The van der Waals surface area contributed by atoms with Gasteiger partial charge in [0.15, 0.2) is 0 Å². The van der Waals surface area contributed by atoms with Crippen LogP contribution in [0.4, 0.5) is 0 Å². The Morgan fingerprint density at radius 2 is 1.84 bits per heavy atom. The summed E-state index contributed by atoms with van der Waals surface area (Å²) in [4.78, 5) is 4.68. The molecule has 2 nitrogen and oxygen atoms in total. The second-order valence-electron chi connectivity index (χ2n) is 4.79. The van der Waals surface area contributed by atoms with Crippen LogP contribution in [0.3, 0.4) is 0 Å². The molecule has 0 fully saturated rings. The fraction of sp³-hybridized carbons (Fsp3) is 0.188. The van der Waals surface area contributed by atoms with Gasteiger partial charge in [-0.3, -0.25) is 0 Å². The summed E-state index contributed by atoms with van der Waals surface area (Å²) in [5.41, 5.74) is 4.39. The summed E-state index contributed by atoms with van der Waals surface area (Å²) < 4.78 is 2.07. The molecule has 0 aliphatic heterocycles. The monoisotopic (exact) mass is 270 g/mol. The molecule has 0 spiro atoms. The highest BCUT2D eigenvalue weighted by atomic mass is 35.5. The third kappa shape index (κ3) is 2.13. The number of hydrogen-bond donors (Lipinski definition) is 0. The number of nitrogens with zero attached hydrogens (tertiary/aromatic N) is 2. The van der Waals surface area contributed by atoms with Gasteiger partial charge in [0.2, 0.25) is 0 Å². The van der Waals surface area contributed by atoms with E-state index in [9.17, 15) is 0 Å². The summed E-state index contributed by atoms with van der Waals surface area (Å²) in [7, 11) is 2.01. The summed E-state index contributed by atoms with van der Waals surface area (Å²) in [6.45, 7) is 2.07. The lowest BCUT2D eigenvalue weighted by atomic mass is 10.1. The van der Waals surface area contributed by atoms with E-state index < -0.39 is 0 Å². The number of hydrogen-bond acceptors (Lipinski definition) is 1. The quantitative estimate of drug-likeness (QED) is 0.638. The molecule has 0 saturated heterocycles. The average molecular weight is 271 g/mol. The van der Waals surface area contributed by atoms with Crippen LogP contribution in [0.1, 0.15) is 22.3 Å². The van der Waals surface area contributed by atoms with E-state index in [1.807, 2.05) is 37.4 Å². The smallest absolute Gasteiger partial charge is 0.132 e. The molecule has 3 rings (SSSR count). The molecule has 0 N–H and O–H groups in total. The SMILES string of the molecule is Cc1ccc2c(c1)nc(C(Cl)c1ccccc1)n2C. The minimum absolute atomic E-state index is 0.223. The second kappa shape index (κ2) is 4.71. The van der Waals surface area contributed by atoms with Gasteiger partial charge >= 0.3 is 0 Å². The first-order valence-corrected chi connectivity index (χ1v) is 6.72. The Bertz CT molecular complexity index is 716. The van der Waals surface area contributed by atoms with Crippen LogP contribution in [0.5, 0.6) is 0 Å². The van der Waals surface area contributed by atoms with E-state index in [1.165, 1.54) is 5.56 Å². The summed E-state index contributed by atoms with van der Waals surface area (Å²) in [5.74, 6) is 0.883. The van der Waals surface area contributed by atoms with Crippen molar-refractivity contribution in [3.8, 4) is 0 Å². The van der Waals surface area contributed by atoms with Crippen LogP contribution in [-0.2, 0) is 7.05 Å². The molecule has 19 heavy (non-hydrogen) atoms. The first-order valence-electron chi connectivity index (χ1n) is 6.29. The van der Waals surface area contributed by atoms with Crippen LogP contribution >= 0.6 is 11.6 Å². The van der Waals surface area contributed by atoms with Gasteiger partial charge in [-0.2, -0.15) is 0 Å². The minimum atomic E-state index is -0.223. The summed E-state index contributed by atoms with van der Waals surface area (Å²) in [6.07, 6.45) is 0. The molecule has 0 bridgehead atoms. The van der Waals surface area contributed by atoms with Crippen molar-refractivity contribution in [2.45, 2.75) is 12.3 Å². The number of halogens is 1. The van der Waals surface area contributed by atoms with Gasteiger partial charge in [0.1, 0.15) is 11.2 Å². The maximum absolute atomic E-state index is 6.56. The van der Waals surface area contributed by atoms with Gasteiger partial charge in [0, 0.05) is 7.05 Å². The average Bonchev–Trinajstić information content (AvgIpc) is 2.75. The van der Waals surface area contributed by atoms with E-state index in [-0.39, 0.29) is 5.38 Å². The largest absolute Gasteiger partial charge is 0.330 e.